The Balaban J connectivity index is 1.91. The first-order valence-electron chi connectivity index (χ1n) is 6.17. The lowest BCUT2D eigenvalue weighted by Gasteiger charge is -2.16. The molecule has 90 valence electrons. The maximum atomic E-state index is 8.82. The van der Waals surface area contributed by atoms with E-state index in [4.69, 9.17) is 5.26 Å². The number of anilines is 1. The van der Waals surface area contributed by atoms with Gasteiger partial charge in [0.1, 0.15) is 5.82 Å². The van der Waals surface area contributed by atoms with Crippen molar-refractivity contribution in [2.45, 2.75) is 25.8 Å². The second-order valence-electron chi connectivity index (χ2n) is 4.47. The van der Waals surface area contributed by atoms with E-state index < -0.39 is 0 Å². The van der Waals surface area contributed by atoms with Gasteiger partial charge in [-0.05, 0) is 31.5 Å². The van der Waals surface area contributed by atoms with Gasteiger partial charge in [-0.15, -0.1) is 0 Å². The predicted octanol–water partition coefficient (Wildman–Crippen LogP) is 1.85. The quantitative estimate of drug-likeness (QED) is 0.857. The molecular formula is C13H18N4. The molecule has 1 aliphatic heterocycles. The van der Waals surface area contributed by atoms with E-state index in [-0.39, 0.29) is 0 Å². The fourth-order valence-electron chi connectivity index (χ4n) is 2.26. The van der Waals surface area contributed by atoms with Crippen LogP contribution in [0.15, 0.2) is 18.3 Å². The molecule has 1 fully saturated rings. The monoisotopic (exact) mass is 230 g/mol. The van der Waals surface area contributed by atoms with Crippen LogP contribution < -0.4 is 5.32 Å². The van der Waals surface area contributed by atoms with Crippen molar-refractivity contribution >= 4 is 5.82 Å². The van der Waals surface area contributed by atoms with E-state index in [1.165, 1.54) is 13.0 Å². The lowest BCUT2D eigenvalue weighted by Crippen LogP contribution is -2.27. The Hall–Kier alpha value is -1.60. The predicted molar refractivity (Wildman–Crippen MR) is 67.7 cm³/mol. The molecule has 0 aliphatic carbocycles. The number of rotatable bonds is 4. The maximum absolute atomic E-state index is 8.82. The van der Waals surface area contributed by atoms with Crippen LogP contribution in [0, 0.1) is 11.3 Å². The molecule has 0 radical (unpaired) electrons. The van der Waals surface area contributed by atoms with E-state index in [9.17, 15) is 0 Å². The maximum Gasteiger partial charge on any atom is 0.127 e. The highest BCUT2D eigenvalue weighted by Crippen LogP contribution is 2.15. The van der Waals surface area contributed by atoms with E-state index >= 15 is 0 Å². The highest BCUT2D eigenvalue weighted by Gasteiger charge is 2.21. The Labute approximate surface area is 102 Å². The standard InChI is InChI=1S/C13H18N4/c1-2-6-17-7-4-12(10-17)16-13-8-11(9-14)3-5-15-13/h3,5,8,12H,2,4,6-7,10H2,1H3,(H,15,16). The zero-order valence-corrected chi connectivity index (χ0v) is 10.2. The van der Waals surface area contributed by atoms with Crippen LogP contribution in [-0.4, -0.2) is 35.6 Å². The summed E-state index contributed by atoms with van der Waals surface area (Å²) in [4.78, 5) is 6.71. The first-order chi connectivity index (χ1) is 8.31. The SMILES string of the molecule is CCCN1CCC(Nc2cc(C#N)ccn2)C1. The fourth-order valence-corrected chi connectivity index (χ4v) is 2.26. The summed E-state index contributed by atoms with van der Waals surface area (Å²) in [5.41, 5.74) is 0.658. The highest BCUT2D eigenvalue weighted by molar-refractivity contribution is 5.43. The van der Waals surface area contributed by atoms with Crippen molar-refractivity contribution in [3.63, 3.8) is 0 Å². The van der Waals surface area contributed by atoms with E-state index in [2.05, 4.69) is 28.2 Å². The number of hydrogen-bond acceptors (Lipinski definition) is 4. The number of nitrogens with zero attached hydrogens (tertiary/aromatic N) is 3. The van der Waals surface area contributed by atoms with E-state index in [1.807, 2.05) is 6.07 Å². The Morgan fingerprint density at radius 1 is 1.65 bits per heavy atom. The summed E-state index contributed by atoms with van der Waals surface area (Å²) in [6, 6.07) is 6.13. The molecule has 0 spiro atoms. The molecule has 1 saturated heterocycles. The minimum atomic E-state index is 0.461. The van der Waals surface area contributed by atoms with Gasteiger partial charge in [-0.2, -0.15) is 5.26 Å². The highest BCUT2D eigenvalue weighted by atomic mass is 15.2. The van der Waals surface area contributed by atoms with Gasteiger partial charge >= 0.3 is 0 Å². The third kappa shape index (κ3) is 3.18. The molecular weight excluding hydrogens is 212 g/mol. The zero-order valence-electron chi connectivity index (χ0n) is 10.2. The second-order valence-corrected chi connectivity index (χ2v) is 4.47. The minimum Gasteiger partial charge on any atom is -0.366 e. The Morgan fingerprint density at radius 2 is 2.53 bits per heavy atom. The van der Waals surface area contributed by atoms with Gasteiger partial charge in [0.05, 0.1) is 11.6 Å². The third-order valence-corrected chi connectivity index (χ3v) is 3.05. The number of hydrogen-bond donors (Lipinski definition) is 1. The Kier molecular flexibility index (Phi) is 3.94. The summed E-state index contributed by atoms with van der Waals surface area (Å²) >= 11 is 0. The fraction of sp³-hybridized carbons (Fsp3) is 0.538. The van der Waals surface area contributed by atoms with Gasteiger partial charge in [0.15, 0.2) is 0 Å². The molecule has 17 heavy (non-hydrogen) atoms. The van der Waals surface area contributed by atoms with E-state index in [0.717, 1.165) is 25.3 Å². The molecule has 4 heteroatoms. The van der Waals surface area contributed by atoms with Crippen LogP contribution in [0.4, 0.5) is 5.82 Å². The first kappa shape index (κ1) is 11.9. The molecule has 0 aromatic carbocycles. The Morgan fingerprint density at radius 3 is 3.29 bits per heavy atom. The molecule has 1 aliphatic rings. The molecule has 2 rings (SSSR count). The number of aromatic nitrogens is 1. The van der Waals surface area contributed by atoms with Crippen LogP contribution in [0.1, 0.15) is 25.3 Å². The van der Waals surface area contributed by atoms with Gasteiger partial charge < -0.3 is 10.2 Å². The van der Waals surface area contributed by atoms with Gasteiger partial charge in [0.2, 0.25) is 0 Å². The summed E-state index contributed by atoms with van der Waals surface area (Å²) in [6.45, 7) is 5.61. The molecule has 0 saturated carbocycles. The normalized spacial score (nSPS) is 20.1. The van der Waals surface area contributed by atoms with Crippen LogP contribution in [0.2, 0.25) is 0 Å². The molecule has 1 aromatic heterocycles. The molecule has 0 bridgehead atoms. The largest absolute Gasteiger partial charge is 0.366 e. The molecule has 4 nitrogen and oxygen atoms in total. The van der Waals surface area contributed by atoms with Crippen LogP contribution in [-0.2, 0) is 0 Å². The van der Waals surface area contributed by atoms with Crippen molar-refractivity contribution in [3.8, 4) is 6.07 Å². The Bertz CT molecular complexity index is 410. The van der Waals surface area contributed by atoms with Crippen molar-refractivity contribution in [2.24, 2.45) is 0 Å². The van der Waals surface area contributed by atoms with Gasteiger partial charge in [-0.25, -0.2) is 4.98 Å². The lowest BCUT2D eigenvalue weighted by molar-refractivity contribution is 0.337. The summed E-state index contributed by atoms with van der Waals surface area (Å²) in [5, 5.41) is 12.2. The summed E-state index contributed by atoms with van der Waals surface area (Å²) in [5.74, 6) is 0.812. The van der Waals surface area contributed by atoms with Gasteiger partial charge in [0.25, 0.3) is 0 Å². The molecule has 1 unspecified atom stereocenters. The summed E-state index contributed by atoms with van der Waals surface area (Å²) in [6.07, 6.45) is 4.03. The van der Waals surface area contributed by atoms with Crippen molar-refractivity contribution in [1.82, 2.24) is 9.88 Å². The molecule has 1 atom stereocenters. The third-order valence-electron chi connectivity index (χ3n) is 3.05. The lowest BCUT2D eigenvalue weighted by atomic mass is 10.2. The minimum absolute atomic E-state index is 0.461. The zero-order chi connectivity index (χ0) is 12.1. The topological polar surface area (TPSA) is 52.0 Å². The molecule has 2 heterocycles. The van der Waals surface area contributed by atoms with E-state index in [0.29, 0.717) is 11.6 Å². The average molecular weight is 230 g/mol. The summed E-state index contributed by atoms with van der Waals surface area (Å²) < 4.78 is 0. The molecule has 0 amide bonds. The van der Waals surface area contributed by atoms with Crippen LogP contribution in [0.5, 0.6) is 0 Å². The number of pyridine rings is 1. The molecule has 1 N–H and O–H groups in total. The van der Waals surface area contributed by atoms with Crippen LogP contribution >= 0.6 is 0 Å². The van der Waals surface area contributed by atoms with Crippen LogP contribution in [0.3, 0.4) is 0 Å². The van der Waals surface area contributed by atoms with Gasteiger partial charge in [-0.1, -0.05) is 6.92 Å². The average Bonchev–Trinajstić information content (AvgIpc) is 2.77. The van der Waals surface area contributed by atoms with E-state index in [1.54, 1.807) is 12.3 Å². The second kappa shape index (κ2) is 5.65. The smallest absolute Gasteiger partial charge is 0.127 e. The number of nitriles is 1. The van der Waals surface area contributed by atoms with Crippen LogP contribution in [0.25, 0.3) is 0 Å². The van der Waals surface area contributed by atoms with Gasteiger partial charge in [0, 0.05) is 25.3 Å². The van der Waals surface area contributed by atoms with Crippen molar-refractivity contribution in [1.29, 1.82) is 5.26 Å². The summed E-state index contributed by atoms with van der Waals surface area (Å²) in [7, 11) is 0. The van der Waals surface area contributed by atoms with Crippen molar-refractivity contribution in [3.05, 3.63) is 23.9 Å². The van der Waals surface area contributed by atoms with Crippen molar-refractivity contribution in [2.75, 3.05) is 25.0 Å². The van der Waals surface area contributed by atoms with Crippen molar-refractivity contribution < 1.29 is 0 Å². The number of likely N-dealkylation sites (tertiary alicyclic amines) is 1. The first-order valence-corrected chi connectivity index (χ1v) is 6.17. The number of nitrogens with one attached hydrogen (secondary N) is 1. The molecule has 1 aromatic rings. The van der Waals surface area contributed by atoms with Gasteiger partial charge in [-0.3, -0.25) is 0 Å².